The van der Waals surface area contributed by atoms with Gasteiger partial charge in [-0.25, -0.2) is 4.68 Å². The normalized spacial score (nSPS) is 25.9. The molecule has 2 aromatic rings. The number of ether oxygens (including phenoxy) is 2. The highest BCUT2D eigenvalue weighted by atomic mass is 16.5. The smallest absolute Gasteiger partial charge is 0.161 e. The molecular formula is C20H25N5O2. The minimum atomic E-state index is -0.495. The minimum absolute atomic E-state index is 0.253. The number of nitrogens with zero attached hydrogens (tertiary/aromatic N) is 5. The van der Waals surface area contributed by atoms with Gasteiger partial charge in [0.05, 0.1) is 30.7 Å². The number of tetrazole rings is 1. The van der Waals surface area contributed by atoms with Gasteiger partial charge in [-0.2, -0.15) is 5.26 Å². The summed E-state index contributed by atoms with van der Waals surface area (Å²) in [4.78, 5) is 0. The molecule has 1 aromatic carbocycles. The van der Waals surface area contributed by atoms with Crippen molar-refractivity contribution in [1.82, 2.24) is 20.2 Å². The van der Waals surface area contributed by atoms with Gasteiger partial charge in [-0.3, -0.25) is 0 Å². The molecule has 0 radical (unpaired) electrons. The largest absolute Gasteiger partial charge is 0.493 e. The molecule has 1 aromatic heterocycles. The van der Waals surface area contributed by atoms with E-state index in [1.807, 2.05) is 22.9 Å². The molecule has 2 aliphatic rings. The van der Waals surface area contributed by atoms with E-state index in [4.69, 9.17) is 9.47 Å². The lowest BCUT2D eigenvalue weighted by atomic mass is 9.69. The van der Waals surface area contributed by atoms with Gasteiger partial charge in [0.1, 0.15) is 6.33 Å². The predicted molar refractivity (Wildman–Crippen MR) is 98.5 cm³/mol. The van der Waals surface area contributed by atoms with Crippen LogP contribution in [0.2, 0.25) is 0 Å². The van der Waals surface area contributed by atoms with E-state index < -0.39 is 5.41 Å². The lowest BCUT2D eigenvalue weighted by Crippen LogP contribution is -2.31. The van der Waals surface area contributed by atoms with Gasteiger partial charge in [-0.1, -0.05) is 6.07 Å². The Balaban J connectivity index is 1.56. The van der Waals surface area contributed by atoms with Gasteiger partial charge >= 0.3 is 0 Å². The summed E-state index contributed by atoms with van der Waals surface area (Å²) in [5.74, 6) is 1.50. The second-order valence-corrected chi connectivity index (χ2v) is 7.60. The zero-order valence-electron chi connectivity index (χ0n) is 15.7. The third-order valence-corrected chi connectivity index (χ3v) is 6.07. The quantitative estimate of drug-likeness (QED) is 0.803. The average molecular weight is 367 g/mol. The average Bonchev–Trinajstić information content (AvgIpc) is 3.42. The molecule has 2 aliphatic carbocycles. The van der Waals surface area contributed by atoms with Crippen LogP contribution in [0.15, 0.2) is 24.5 Å². The molecule has 0 aliphatic heterocycles. The van der Waals surface area contributed by atoms with Crippen molar-refractivity contribution in [2.75, 3.05) is 7.11 Å². The number of hydrogen-bond acceptors (Lipinski definition) is 6. The highest BCUT2D eigenvalue weighted by molar-refractivity contribution is 5.47. The number of methoxy groups -OCH3 is 1. The van der Waals surface area contributed by atoms with E-state index in [0.29, 0.717) is 0 Å². The maximum Gasteiger partial charge on any atom is 0.161 e. The molecule has 0 bridgehead atoms. The van der Waals surface area contributed by atoms with Crippen LogP contribution in [0, 0.1) is 11.3 Å². The lowest BCUT2D eigenvalue weighted by molar-refractivity contribution is 0.199. The fourth-order valence-corrected chi connectivity index (χ4v) is 4.41. The van der Waals surface area contributed by atoms with Gasteiger partial charge in [0.2, 0.25) is 0 Å². The molecule has 2 saturated carbocycles. The molecule has 0 amide bonds. The van der Waals surface area contributed by atoms with Crippen LogP contribution in [0.25, 0.3) is 0 Å². The van der Waals surface area contributed by atoms with Crippen LogP contribution in [0.4, 0.5) is 0 Å². The van der Waals surface area contributed by atoms with E-state index in [-0.39, 0.29) is 12.1 Å². The monoisotopic (exact) mass is 367 g/mol. The Morgan fingerprint density at radius 3 is 2.56 bits per heavy atom. The summed E-state index contributed by atoms with van der Waals surface area (Å²) in [5.41, 5.74) is 0.527. The first-order chi connectivity index (χ1) is 13.2. The van der Waals surface area contributed by atoms with Crippen LogP contribution in [-0.2, 0) is 5.41 Å². The topological polar surface area (TPSA) is 85.9 Å². The van der Waals surface area contributed by atoms with Crippen LogP contribution in [0.3, 0.4) is 0 Å². The molecule has 4 rings (SSSR count). The first kappa shape index (κ1) is 17.8. The van der Waals surface area contributed by atoms with Crippen LogP contribution in [-0.4, -0.2) is 33.4 Å². The highest BCUT2D eigenvalue weighted by Gasteiger charge is 2.38. The second-order valence-electron chi connectivity index (χ2n) is 7.60. The number of benzene rings is 1. The van der Waals surface area contributed by atoms with Gasteiger partial charge in [0.25, 0.3) is 0 Å². The second kappa shape index (κ2) is 7.55. The highest BCUT2D eigenvalue weighted by Crippen LogP contribution is 2.45. The fraction of sp³-hybridized carbons (Fsp3) is 0.600. The number of hydrogen-bond donors (Lipinski definition) is 0. The summed E-state index contributed by atoms with van der Waals surface area (Å²) >= 11 is 0. The van der Waals surface area contributed by atoms with E-state index in [1.54, 1.807) is 13.4 Å². The van der Waals surface area contributed by atoms with Gasteiger partial charge in [0.15, 0.2) is 11.5 Å². The van der Waals surface area contributed by atoms with Gasteiger partial charge in [-0.05, 0) is 79.5 Å². The van der Waals surface area contributed by atoms with E-state index in [9.17, 15) is 5.26 Å². The summed E-state index contributed by atoms with van der Waals surface area (Å²) in [7, 11) is 1.66. The molecule has 0 N–H and O–H groups in total. The predicted octanol–water partition coefficient (Wildman–Crippen LogP) is 3.58. The Morgan fingerprint density at radius 2 is 1.93 bits per heavy atom. The van der Waals surface area contributed by atoms with Crippen LogP contribution < -0.4 is 9.47 Å². The number of aromatic nitrogens is 4. The Hall–Kier alpha value is -2.62. The van der Waals surface area contributed by atoms with E-state index in [1.165, 1.54) is 12.8 Å². The molecule has 0 spiro atoms. The summed E-state index contributed by atoms with van der Waals surface area (Å²) < 4.78 is 13.5. The van der Waals surface area contributed by atoms with Gasteiger partial charge in [0, 0.05) is 0 Å². The fourth-order valence-electron chi connectivity index (χ4n) is 4.41. The molecule has 0 atom stereocenters. The maximum atomic E-state index is 10.0. The number of rotatable bonds is 5. The molecule has 7 nitrogen and oxygen atoms in total. The third-order valence-electron chi connectivity index (χ3n) is 6.07. The number of nitriles is 1. The SMILES string of the molecule is COc1ccc(C2(C#N)CCC(n3cnnn3)CC2)cc1OC1CCCC1. The molecular weight excluding hydrogens is 342 g/mol. The Kier molecular flexibility index (Phi) is 4.97. The lowest BCUT2D eigenvalue weighted by Gasteiger charge is -2.35. The van der Waals surface area contributed by atoms with E-state index in [0.717, 1.165) is 55.6 Å². The van der Waals surface area contributed by atoms with Gasteiger partial charge < -0.3 is 9.47 Å². The van der Waals surface area contributed by atoms with E-state index in [2.05, 4.69) is 21.6 Å². The standard InChI is InChI=1S/C20H25N5O2/c1-26-18-7-6-15(12-19(18)27-17-4-2-3-5-17)20(13-21)10-8-16(9-11-20)25-14-22-23-24-25/h6-7,12,14,16-17H,2-5,8-11H2,1H3. The Labute approximate surface area is 159 Å². The molecule has 0 saturated heterocycles. The molecule has 0 unspecified atom stereocenters. The molecule has 142 valence electrons. The zero-order valence-corrected chi connectivity index (χ0v) is 15.7. The van der Waals surface area contributed by atoms with Crippen LogP contribution in [0.5, 0.6) is 11.5 Å². The maximum absolute atomic E-state index is 10.0. The Bertz CT molecular complexity index is 800. The van der Waals surface area contributed by atoms with Crippen molar-refractivity contribution < 1.29 is 9.47 Å². The summed E-state index contributed by atoms with van der Waals surface area (Å²) in [6.07, 6.45) is 9.84. The summed E-state index contributed by atoms with van der Waals surface area (Å²) in [6.45, 7) is 0. The van der Waals surface area contributed by atoms with E-state index >= 15 is 0 Å². The van der Waals surface area contributed by atoms with Gasteiger partial charge in [-0.15, -0.1) is 5.10 Å². The Morgan fingerprint density at radius 1 is 1.15 bits per heavy atom. The van der Waals surface area contributed by atoms with Crippen molar-refractivity contribution in [3.05, 3.63) is 30.1 Å². The molecule has 1 heterocycles. The van der Waals surface area contributed by atoms with Crippen molar-refractivity contribution in [2.24, 2.45) is 0 Å². The first-order valence-corrected chi connectivity index (χ1v) is 9.73. The minimum Gasteiger partial charge on any atom is -0.493 e. The zero-order chi connectivity index (χ0) is 18.7. The summed E-state index contributed by atoms with van der Waals surface area (Å²) in [5, 5.41) is 21.5. The third kappa shape index (κ3) is 3.48. The van der Waals surface area contributed by atoms with Crippen molar-refractivity contribution in [2.45, 2.75) is 68.9 Å². The molecule has 27 heavy (non-hydrogen) atoms. The summed E-state index contributed by atoms with van der Waals surface area (Å²) in [6, 6.07) is 8.84. The molecule has 7 heteroatoms. The van der Waals surface area contributed by atoms with Crippen molar-refractivity contribution >= 4 is 0 Å². The van der Waals surface area contributed by atoms with Crippen molar-refractivity contribution in [1.29, 1.82) is 5.26 Å². The first-order valence-electron chi connectivity index (χ1n) is 9.73. The van der Waals surface area contributed by atoms with Crippen LogP contribution >= 0.6 is 0 Å². The van der Waals surface area contributed by atoms with Crippen LogP contribution in [0.1, 0.15) is 63.0 Å². The van der Waals surface area contributed by atoms with Crippen molar-refractivity contribution in [3.63, 3.8) is 0 Å². The van der Waals surface area contributed by atoms with Crippen molar-refractivity contribution in [3.8, 4) is 17.6 Å². The molecule has 2 fully saturated rings.